The van der Waals surface area contributed by atoms with Crippen molar-refractivity contribution in [3.05, 3.63) is 58.8 Å². The molecule has 1 aliphatic rings. The highest BCUT2D eigenvalue weighted by atomic mass is 79.9. The molecule has 134 valence electrons. The molecule has 1 N–H and O–H groups in total. The van der Waals surface area contributed by atoms with Crippen LogP contribution in [0.2, 0.25) is 0 Å². The van der Waals surface area contributed by atoms with Crippen LogP contribution in [0.1, 0.15) is 18.0 Å². The first-order valence-corrected chi connectivity index (χ1v) is 8.82. The van der Waals surface area contributed by atoms with E-state index in [1.165, 1.54) is 0 Å². The van der Waals surface area contributed by atoms with Gasteiger partial charge in [0, 0.05) is 32.0 Å². The number of carbonyl (C=O) groups is 1. The second kappa shape index (κ2) is 9.75. The molecule has 7 heteroatoms. The number of benzene rings is 1. The van der Waals surface area contributed by atoms with Gasteiger partial charge in [-0.2, -0.15) is 0 Å². The Bertz CT molecular complexity index is 687. The lowest BCUT2D eigenvalue weighted by molar-refractivity contribution is -0.135. The number of rotatable bonds is 5. The molecule has 1 aromatic heterocycles. The summed E-state index contributed by atoms with van der Waals surface area (Å²) in [6, 6.07) is 11.6. The Balaban J connectivity index is 0.00000225. The molecule has 1 amide bonds. The van der Waals surface area contributed by atoms with Crippen molar-refractivity contribution in [3.63, 3.8) is 0 Å². The molecular formula is C18H21BrClN3O2. The highest BCUT2D eigenvalue weighted by Crippen LogP contribution is 2.25. The van der Waals surface area contributed by atoms with E-state index in [0.717, 1.165) is 28.9 Å². The smallest absolute Gasteiger partial charge is 0.226 e. The van der Waals surface area contributed by atoms with Gasteiger partial charge in [0.15, 0.2) is 0 Å². The van der Waals surface area contributed by atoms with E-state index in [1.807, 2.05) is 47.5 Å². The van der Waals surface area contributed by atoms with Crippen LogP contribution in [0.4, 0.5) is 0 Å². The first-order chi connectivity index (χ1) is 11.8. The van der Waals surface area contributed by atoms with Crippen molar-refractivity contribution in [3.8, 4) is 5.75 Å². The molecule has 0 aliphatic carbocycles. The zero-order valence-electron chi connectivity index (χ0n) is 13.7. The van der Waals surface area contributed by atoms with Crippen molar-refractivity contribution in [2.24, 2.45) is 0 Å². The second-order valence-electron chi connectivity index (χ2n) is 5.62. The van der Waals surface area contributed by atoms with Crippen molar-refractivity contribution in [1.29, 1.82) is 0 Å². The SMILES string of the molecule is Cl.O=C(CCOc1ccccc1Br)N1CCNCC1c1cccnc1. The van der Waals surface area contributed by atoms with Crippen LogP contribution in [0.25, 0.3) is 0 Å². The van der Waals surface area contributed by atoms with E-state index in [4.69, 9.17) is 4.74 Å². The molecule has 5 nitrogen and oxygen atoms in total. The van der Waals surface area contributed by atoms with Gasteiger partial charge >= 0.3 is 0 Å². The van der Waals surface area contributed by atoms with Crippen LogP contribution in [-0.4, -0.2) is 42.0 Å². The lowest BCUT2D eigenvalue weighted by Crippen LogP contribution is -2.49. The normalized spacial score (nSPS) is 16.8. The van der Waals surface area contributed by atoms with Crippen LogP contribution in [0.3, 0.4) is 0 Å². The summed E-state index contributed by atoms with van der Waals surface area (Å²) in [6.07, 6.45) is 3.94. The van der Waals surface area contributed by atoms with Gasteiger partial charge in [-0.3, -0.25) is 9.78 Å². The molecule has 1 atom stereocenters. The highest BCUT2D eigenvalue weighted by Gasteiger charge is 2.27. The van der Waals surface area contributed by atoms with Gasteiger partial charge in [0.1, 0.15) is 5.75 Å². The second-order valence-corrected chi connectivity index (χ2v) is 6.48. The lowest BCUT2D eigenvalue weighted by atomic mass is 10.0. The van der Waals surface area contributed by atoms with Gasteiger partial charge in [-0.1, -0.05) is 18.2 Å². The summed E-state index contributed by atoms with van der Waals surface area (Å²) < 4.78 is 6.61. The van der Waals surface area contributed by atoms with E-state index in [-0.39, 0.29) is 24.4 Å². The van der Waals surface area contributed by atoms with Crippen LogP contribution < -0.4 is 10.1 Å². The fourth-order valence-corrected chi connectivity index (χ4v) is 3.23. The predicted molar refractivity (Wildman–Crippen MR) is 103 cm³/mol. The number of piperazine rings is 1. The summed E-state index contributed by atoms with van der Waals surface area (Å²) in [5.74, 6) is 0.867. The van der Waals surface area contributed by atoms with Gasteiger partial charge in [0.2, 0.25) is 5.91 Å². The van der Waals surface area contributed by atoms with Crippen LogP contribution in [0.5, 0.6) is 5.75 Å². The third kappa shape index (κ3) is 5.17. The number of carbonyl (C=O) groups excluding carboxylic acids is 1. The Kier molecular flexibility index (Phi) is 7.68. The minimum atomic E-state index is 0. The fourth-order valence-electron chi connectivity index (χ4n) is 2.83. The Morgan fingerprint density at radius 1 is 1.32 bits per heavy atom. The molecule has 2 aromatic rings. The van der Waals surface area contributed by atoms with E-state index in [0.29, 0.717) is 19.6 Å². The summed E-state index contributed by atoms with van der Waals surface area (Å²) in [5.41, 5.74) is 1.06. The maximum Gasteiger partial charge on any atom is 0.226 e. The zero-order chi connectivity index (χ0) is 16.8. The molecule has 25 heavy (non-hydrogen) atoms. The van der Waals surface area contributed by atoms with Crippen molar-refractivity contribution in [1.82, 2.24) is 15.2 Å². The van der Waals surface area contributed by atoms with E-state index >= 15 is 0 Å². The minimum absolute atomic E-state index is 0. The number of hydrogen-bond donors (Lipinski definition) is 1. The van der Waals surface area contributed by atoms with Crippen LogP contribution >= 0.6 is 28.3 Å². The monoisotopic (exact) mass is 425 g/mol. The fraction of sp³-hybridized carbons (Fsp3) is 0.333. The van der Waals surface area contributed by atoms with Gasteiger partial charge in [0.05, 0.1) is 23.5 Å². The lowest BCUT2D eigenvalue weighted by Gasteiger charge is -2.36. The number of hydrogen-bond acceptors (Lipinski definition) is 4. The molecule has 1 fully saturated rings. The predicted octanol–water partition coefficient (Wildman–Crippen LogP) is 3.21. The van der Waals surface area contributed by atoms with Crippen molar-refractivity contribution in [2.45, 2.75) is 12.5 Å². The van der Waals surface area contributed by atoms with E-state index < -0.39 is 0 Å². The number of nitrogens with one attached hydrogen (secondary N) is 1. The largest absolute Gasteiger partial charge is 0.492 e. The van der Waals surface area contributed by atoms with Crippen molar-refractivity contribution < 1.29 is 9.53 Å². The molecule has 1 aromatic carbocycles. The number of aromatic nitrogens is 1. The number of nitrogens with zero attached hydrogens (tertiary/aromatic N) is 2. The maximum atomic E-state index is 12.6. The molecule has 2 heterocycles. The average molecular weight is 427 g/mol. The van der Waals surface area contributed by atoms with Crippen LogP contribution in [0, 0.1) is 0 Å². The van der Waals surface area contributed by atoms with E-state index in [9.17, 15) is 4.79 Å². The molecule has 0 bridgehead atoms. The average Bonchev–Trinajstić information content (AvgIpc) is 2.64. The molecule has 1 aliphatic heterocycles. The number of pyridine rings is 1. The van der Waals surface area contributed by atoms with Crippen molar-refractivity contribution >= 4 is 34.2 Å². The third-order valence-electron chi connectivity index (χ3n) is 4.04. The Labute approximate surface area is 162 Å². The molecule has 1 unspecified atom stereocenters. The van der Waals surface area contributed by atoms with Crippen molar-refractivity contribution in [2.75, 3.05) is 26.2 Å². The summed E-state index contributed by atoms with van der Waals surface area (Å²) in [6.45, 7) is 2.63. The highest BCUT2D eigenvalue weighted by molar-refractivity contribution is 9.10. The van der Waals surface area contributed by atoms with Gasteiger partial charge in [0.25, 0.3) is 0 Å². The molecule has 0 saturated carbocycles. The molecule has 0 radical (unpaired) electrons. The van der Waals surface area contributed by atoms with Gasteiger partial charge in [-0.15, -0.1) is 12.4 Å². The Hall–Kier alpha value is -1.63. The summed E-state index contributed by atoms with van der Waals surface area (Å²) in [5, 5.41) is 3.35. The summed E-state index contributed by atoms with van der Waals surface area (Å²) in [7, 11) is 0. The third-order valence-corrected chi connectivity index (χ3v) is 4.70. The number of halogens is 2. The Morgan fingerprint density at radius 2 is 2.16 bits per heavy atom. The number of ether oxygens (including phenoxy) is 1. The first-order valence-electron chi connectivity index (χ1n) is 8.03. The minimum Gasteiger partial charge on any atom is -0.492 e. The van der Waals surface area contributed by atoms with E-state index in [1.54, 1.807) is 6.20 Å². The quantitative estimate of drug-likeness (QED) is 0.798. The standard InChI is InChI=1S/C18H20BrN3O2.ClH/c19-15-5-1-2-6-17(15)24-11-7-18(23)22-10-9-21-13-16(22)14-4-3-8-20-12-14;/h1-6,8,12,16,21H,7,9-11,13H2;1H. The summed E-state index contributed by atoms with van der Waals surface area (Å²) in [4.78, 5) is 18.7. The Morgan fingerprint density at radius 3 is 2.92 bits per heavy atom. The van der Waals surface area contributed by atoms with E-state index in [2.05, 4.69) is 26.2 Å². The van der Waals surface area contributed by atoms with Crippen LogP contribution in [0.15, 0.2) is 53.3 Å². The van der Waals surface area contributed by atoms with Gasteiger partial charge in [-0.05, 0) is 39.7 Å². The van der Waals surface area contributed by atoms with Crippen LogP contribution in [-0.2, 0) is 4.79 Å². The van der Waals surface area contributed by atoms with Gasteiger partial charge in [-0.25, -0.2) is 0 Å². The molecule has 3 rings (SSSR count). The summed E-state index contributed by atoms with van der Waals surface area (Å²) >= 11 is 3.44. The zero-order valence-corrected chi connectivity index (χ0v) is 16.1. The number of amides is 1. The topological polar surface area (TPSA) is 54.5 Å². The first kappa shape index (κ1) is 19.7. The molecule has 1 saturated heterocycles. The molecular weight excluding hydrogens is 406 g/mol. The molecule has 0 spiro atoms. The maximum absolute atomic E-state index is 12.6. The van der Waals surface area contributed by atoms with Gasteiger partial charge < -0.3 is 15.0 Å². The number of para-hydroxylation sites is 1.